The molecule has 1 atom stereocenters. The second-order valence-electron chi connectivity index (χ2n) is 4.68. The van der Waals surface area contributed by atoms with Gasteiger partial charge in [0.1, 0.15) is 0 Å². The van der Waals surface area contributed by atoms with Gasteiger partial charge >= 0.3 is 5.97 Å². The lowest BCUT2D eigenvalue weighted by Gasteiger charge is -2.21. The van der Waals surface area contributed by atoms with E-state index in [-0.39, 0.29) is 6.42 Å². The summed E-state index contributed by atoms with van der Waals surface area (Å²) in [6, 6.07) is 0. The van der Waals surface area contributed by atoms with E-state index in [2.05, 4.69) is 16.5 Å². The number of carboxylic acid groups (broad SMARTS) is 1. The number of aryl methyl sites for hydroxylation is 2. The number of rotatable bonds is 4. The fourth-order valence-corrected chi connectivity index (χ4v) is 2.28. The van der Waals surface area contributed by atoms with Gasteiger partial charge in [0, 0.05) is 18.7 Å². The van der Waals surface area contributed by atoms with Crippen LogP contribution in [0.4, 0.5) is 0 Å². The topological polar surface area (TPSA) is 55.1 Å². The Morgan fingerprint density at radius 2 is 2.50 bits per heavy atom. The van der Waals surface area contributed by atoms with Gasteiger partial charge in [-0.2, -0.15) is 0 Å². The van der Waals surface area contributed by atoms with Crippen molar-refractivity contribution in [2.75, 3.05) is 0 Å². The highest BCUT2D eigenvalue weighted by atomic mass is 16.4. The van der Waals surface area contributed by atoms with Crippen molar-refractivity contribution >= 4 is 5.97 Å². The molecule has 0 bridgehead atoms. The van der Waals surface area contributed by atoms with Crippen LogP contribution < -0.4 is 0 Å². The van der Waals surface area contributed by atoms with Crippen LogP contribution in [0.25, 0.3) is 0 Å². The molecule has 16 heavy (non-hydrogen) atoms. The minimum absolute atomic E-state index is 0.238. The number of nitrogens with zero attached hydrogens (tertiary/aromatic N) is 2. The number of aromatic nitrogens is 2. The number of carbonyl (C=O) groups is 1. The summed E-state index contributed by atoms with van der Waals surface area (Å²) in [5, 5.41) is 8.60. The van der Waals surface area contributed by atoms with Gasteiger partial charge in [-0.05, 0) is 31.6 Å². The first kappa shape index (κ1) is 11.2. The van der Waals surface area contributed by atoms with E-state index in [0.717, 1.165) is 31.0 Å². The molecule has 0 amide bonds. The van der Waals surface area contributed by atoms with Crippen LogP contribution in [-0.2, 0) is 24.2 Å². The molecule has 4 nitrogen and oxygen atoms in total. The molecule has 0 aromatic carbocycles. The summed E-state index contributed by atoms with van der Waals surface area (Å²) in [5.41, 5.74) is 2.43. The molecular formula is C12H18N2O2. The van der Waals surface area contributed by atoms with Gasteiger partial charge in [-0.15, -0.1) is 0 Å². The highest BCUT2D eigenvalue weighted by Crippen LogP contribution is 2.23. The van der Waals surface area contributed by atoms with E-state index in [1.807, 2.05) is 6.33 Å². The monoisotopic (exact) mass is 222 g/mol. The lowest BCUT2D eigenvalue weighted by atomic mass is 9.96. The third kappa shape index (κ3) is 2.43. The molecule has 1 aliphatic rings. The summed E-state index contributed by atoms with van der Waals surface area (Å²) < 4.78 is 2.22. The van der Waals surface area contributed by atoms with Crippen LogP contribution in [0.15, 0.2) is 6.33 Å². The Hall–Kier alpha value is -1.32. The molecule has 0 fully saturated rings. The molecule has 1 N–H and O–H groups in total. The van der Waals surface area contributed by atoms with Crippen molar-refractivity contribution in [2.24, 2.45) is 5.92 Å². The summed E-state index contributed by atoms with van der Waals surface area (Å²) >= 11 is 0. The predicted octanol–water partition coefficient (Wildman–Crippen LogP) is 1.87. The first-order valence-electron chi connectivity index (χ1n) is 5.91. The number of carboxylic acids is 1. The fourth-order valence-electron chi connectivity index (χ4n) is 2.28. The van der Waals surface area contributed by atoms with Crippen LogP contribution in [0.5, 0.6) is 0 Å². The molecule has 0 aliphatic carbocycles. The minimum atomic E-state index is -0.721. The lowest BCUT2D eigenvalue weighted by molar-refractivity contribution is -0.137. The Morgan fingerprint density at radius 1 is 1.69 bits per heavy atom. The Morgan fingerprint density at radius 3 is 3.25 bits per heavy atom. The Bertz CT molecular complexity index is 384. The summed E-state index contributed by atoms with van der Waals surface area (Å²) in [4.78, 5) is 14.8. The largest absolute Gasteiger partial charge is 0.481 e. The number of imidazole rings is 1. The Labute approximate surface area is 95.3 Å². The standard InChI is InChI=1S/C12H18N2O2/c1-9-5-6-14-8-13-10(11(14)7-9)3-2-4-12(15)16/h8-9H,2-7H2,1H3,(H,15,16). The maximum atomic E-state index is 10.4. The molecule has 1 aromatic heterocycles. The van der Waals surface area contributed by atoms with Crippen LogP contribution in [0, 0.1) is 5.92 Å². The average molecular weight is 222 g/mol. The zero-order valence-corrected chi connectivity index (χ0v) is 9.65. The SMILES string of the molecule is CC1CCn2cnc(CCCC(=O)O)c2C1. The highest BCUT2D eigenvalue weighted by molar-refractivity contribution is 5.66. The van der Waals surface area contributed by atoms with Crippen molar-refractivity contribution < 1.29 is 9.90 Å². The molecule has 0 spiro atoms. The maximum Gasteiger partial charge on any atom is 0.303 e. The van der Waals surface area contributed by atoms with Crippen molar-refractivity contribution in [1.29, 1.82) is 0 Å². The molecule has 0 saturated carbocycles. The van der Waals surface area contributed by atoms with E-state index < -0.39 is 5.97 Å². The Balaban J connectivity index is 2.00. The zero-order chi connectivity index (χ0) is 11.5. The van der Waals surface area contributed by atoms with Gasteiger partial charge in [0.2, 0.25) is 0 Å². The van der Waals surface area contributed by atoms with Gasteiger partial charge in [-0.1, -0.05) is 6.92 Å². The van der Waals surface area contributed by atoms with Crippen LogP contribution in [0.3, 0.4) is 0 Å². The van der Waals surface area contributed by atoms with E-state index >= 15 is 0 Å². The van der Waals surface area contributed by atoms with Crippen LogP contribution in [-0.4, -0.2) is 20.6 Å². The maximum absolute atomic E-state index is 10.4. The molecule has 0 saturated heterocycles. The molecule has 2 heterocycles. The third-order valence-corrected chi connectivity index (χ3v) is 3.24. The normalized spacial score (nSPS) is 19.4. The fraction of sp³-hybridized carbons (Fsp3) is 0.667. The van der Waals surface area contributed by atoms with Gasteiger partial charge in [-0.3, -0.25) is 4.79 Å². The summed E-state index contributed by atoms with van der Waals surface area (Å²) in [6.45, 7) is 3.32. The second-order valence-corrected chi connectivity index (χ2v) is 4.68. The van der Waals surface area contributed by atoms with Gasteiger partial charge in [0.15, 0.2) is 0 Å². The van der Waals surface area contributed by atoms with Gasteiger partial charge in [0.05, 0.1) is 12.0 Å². The van der Waals surface area contributed by atoms with E-state index in [1.54, 1.807) is 0 Å². The van der Waals surface area contributed by atoms with Crippen molar-refractivity contribution in [2.45, 2.75) is 45.6 Å². The molecule has 0 radical (unpaired) electrons. The molecule has 1 aliphatic heterocycles. The first-order valence-corrected chi connectivity index (χ1v) is 5.91. The van der Waals surface area contributed by atoms with Crippen LogP contribution in [0.1, 0.15) is 37.6 Å². The lowest BCUT2D eigenvalue weighted by Crippen LogP contribution is -2.17. The van der Waals surface area contributed by atoms with Crippen molar-refractivity contribution in [3.63, 3.8) is 0 Å². The summed E-state index contributed by atoms with van der Waals surface area (Å²) in [5.74, 6) is 0.00358. The quantitative estimate of drug-likeness (QED) is 0.846. The van der Waals surface area contributed by atoms with Gasteiger partial charge in [-0.25, -0.2) is 4.98 Å². The minimum Gasteiger partial charge on any atom is -0.481 e. The zero-order valence-electron chi connectivity index (χ0n) is 9.65. The van der Waals surface area contributed by atoms with E-state index in [1.165, 1.54) is 12.1 Å². The van der Waals surface area contributed by atoms with E-state index in [4.69, 9.17) is 5.11 Å². The summed E-state index contributed by atoms with van der Waals surface area (Å²) in [7, 11) is 0. The molecule has 4 heteroatoms. The van der Waals surface area contributed by atoms with E-state index in [0.29, 0.717) is 6.42 Å². The molecule has 88 valence electrons. The number of aliphatic carboxylic acids is 1. The predicted molar refractivity (Wildman–Crippen MR) is 60.3 cm³/mol. The summed E-state index contributed by atoms with van der Waals surface area (Å²) in [6.07, 6.45) is 5.93. The van der Waals surface area contributed by atoms with Crippen molar-refractivity contribution in [3.8, 4) is 0 Å². The number of hydrogen-bond donors (Lipinski definition) is 1. The molecule has 2 rings (SSSR count). The van der Waals surface area contributed by atoms with Crippen LogP contribution in [0.2, 0.25) is 0 Å². The molecule has 1 unspecified atom stereocenters. The molecule has 1 aromatic rings. The average Bonchev–Trinajstić information content (AvgIpc) is 2.60. The molecular weight excluding hydrogens is 204 g/mol. The van der Waals surface area contributed by atoms with Crippen molar-refractivity contribution in [1.82, 2.24) is 9.55 Å². The van der Waals surface area contributed by atoms with Crippen LogP contribution >= 0.6 is 0 Å². The van der Waals surface area contributed by atoms with Gasteiger partial charge in [0.25, 0.3) is 0 Å². The highest BCUT2D eigenvalue weighted by Gasteiger charge is 2.18. The van der Waals surface area contributed by atoms with E-state index in [9.17, 15) is 4.79 Å². The number of fused-ring (bicyclic) bond motifs is 1. The second kappa shape index (κ2) is 4.68. The first-order chi connectivity index (χ1) is 7.66. The number of hydrogen-bond acceptors (Lipinski definition) is 2. The third-order valence-electron chi connectivity index (χ3n) is 3.24. The smallest absolute Gasteiger partial charge is 0.303 e. The van der Waals surface area contributed by atoms with Crippen molar-refractivity contribution in [3.05, 3.63) is 17.7 Å². The van der Waals surface area contributed by atoms with Gasteiger partial charge < -0.3 is 9.67 Å². The Kier molecular flexibility index (Phi) is 3.27.